The number of anilines is 2. The SMILES string of the molecule is N#Cc1c(N=Cc2ccc(O)cc2)n[nH]c1Nc1cccc(Cl)c1. The van der Waals surface area contributed by atoms with Gasteiger partial charge in [-0.2, -0.15) is 10.4 Å². The standard InChI is InChI=1S/C17H12ClN5O/c18-12-2-1-3-13(8-12)21-17-15(9-19)16(22-23-17)20-10-11-4-6-14(24)7-5-11/h1-8,10,24H,(H2,21,22,23). The minimum atomic E-state index is 0.178. The van der Waals surface area contributed by atoms with E-state index in [4.69, 9.17) is 11.6 Å². The Morgan fingerprint density at radius 1 is 1.25 bits per heavy atom. The number of nitrogens with one attached hydrogen (secondary N) is 2. The first-order chi connectivity index (χ1) is 11.7. The van der Waals surface area contributed by atoms with Gasteiger partial charge in [0.1, 0.15) is 23.2 Å². The van der Waals surface area contributed by atoms with Crippen LogP contribution in [0.5, 0.6) is 5.75 Å². The van der Waals surface area contributed by atoms with Crippen LogP contribution in [0.25, 0.3) is 0 Å². The molecular formula is C17H12ClN5O. The number of phenols is 1. The van der Waals surface area contributed by atoms with Crippen LogP contribution in [0.4, 0.5) is 17.3 Å². The lowest BCUT2D eigenvalue weighted by Gasteiger charge is -2.03. The lowest BCUT2D eigenvalue weighted by Crippen LogP contribution is -1.92. The molecule has 6 nitrogen and oxygen atoms in total. The van der Waals surface area contributed by atoms with E-state index in [0.29, 0.717) is 16.4 Å². The van der Waals surface area contributed by atoms with Crippen LogP contribution in [0, 0.1) is 11.3 Å². The van der Waals surface area contributed by atoms with E-state index in [9.17, 15) is 10.4 Å². The molecule has 2 aromatic carbocycles. The van der Waals surface area contributed by atoms with Crippen molar-refractivity contribution in [2.75, 3.05) is 5.32 Å². The third kappa shape index (κ3) is 3.54. The van der Waals surface area contributed by atoms with Gasteiger partial charge in [0.25, 0.3) is 0 Å². The van der Waals surface area contributed by atoms with Gasteiger partial charge in [-0.1, -0.05) is 17.7 Å². The fourth-order valence-electron chi connectivity index (χ4n) is 2.03. The summed E-state index contributed by atoms with van der Waals surface area (Å²) in [6.07, 6.45) is 1.57. The fraction of sp³-hybridized carbons (Fsp3) is 0. The molecule has 118 valence electrons. The maximum Gasteiger partial charge on any atom is 0.193 e. The van der Waals surface area contributed by atoms with Crippen LogP contribution in [0.15, 0.2) is 53.5 Å². The number of H-pyrrole nitrogens is 1. The zero-order valence-corrected chi connectivity index (χ0v) is 13.1. The molecule has 7 heteroatoms. The highest BCUT2D eigenvalue weighted by Gasteiger charge is 2.12. The normalized spacial score (nSPS) is 10.7. The molecule has 0 aliphatic heterocycles. The lowest BCUT2D eigenvalue weighted by molar-refractivity contribution is 0.475. The predicted octanol–water partition coefficient (Wildman–Crippen LogP) is 4.13. The lowest BCUT2D eigenvalue weighted by atomic mass is 10.2. The Bertz CT molecular complexity index is 925. The number of hydrogen-bond donors (Lipinski definition) is 3. The highest BCUT2D eigenvalue weighted by atomic mass is 35.5. The molecule has 0 aliphatic carbocycles. The third-order valence-corrected chi connectivity index (χ3v) is 3.42. The predicted molar refractivity (Wildman–Crippen MR) is 93.4 cm³/mol. The second-order valence-electron chi connectivity index (χ2n) is 4.89. The zero-order valence-electron chi connectivity index (χ0n) is 12.4. The van der Waals surface area contributed by atoms with Gasteiger partial charge in [0.05, 0.1) is 0 Å². The number of aromatic hydroxyl groups is 1. The van der Waals surface area contributed by atoms with Crippen molar-refractivity contribution in [1.29, 1.82) is 5.26 Å². The molecule has 24 heavy (non-hydrogen) atoms. The number of aliphatic imine (C=N–C) groups is 1. The topological polar surface area (TPSA) is 97.1 Å². The Morgan fingerprint density at radius 3 is 2.75 bits per heavy atom. The quantitative estimate of drug-likeness (QED) is 0.623. The van der Waals surface area contributed by atoms with Crippen LogP contribution < -0.4 is 5.32 Å². The molecule has 0 radical (unpaired) electrons. The molecule has 1 heterocycles. The number of nitrogens with zero attached hydrogens (tertiary/aromatic N) is 3. The number of phenolic OH excluding ortho intramolecular Hbond substituents is 1. The van der Waals surface area contributed by atoms with Gasteiger partial charge in [-0.05, 0) is 48.0 Å². The fourth-order valence-corrected chi connectivity index (χ4v) is 2.22. The van der Waals surface area contributed by atoms with Crippen molar-refractivity contribution in [3.8, 4) is 11.8 Å². The van der Waals surface area contributed by atoms with Gasteiger partial charge in [-0.15, -0.1) is 0 Å². The van der Waals surface area contributed by atoms with Crippen molar-refractivity contribution in [2.24, 2.45) is 4.99 Å². The number of rotatable bonds is 4. The van der Waals surface area contributed by atoms with Crippen molar-refractivity contribution >= 4 is 35.1 Å². The summed E-state index contributed by atoms with van der Waals surface area (Å²) in [6.45, 7) is 0. The summed E-state index contributed by atoms with van der Waals surface area (Å²) in [4.78, 5) is 4.22. The van der Waals surface area contributed by atoms with E-state index >= 15 is 0 Å². The zero-order chi connectivity index (χ0) is 16.9. The Kier molecular flexibility index (Phi) is 4.45. The molecule has 0 unspecified atom stereocenters. The molecule has 3 rings (SSSR count). The van der Waals surface area contributed by atoms with E-state index < -0.39 is 0 Å². The maximum atomic E-state index is 9.37. The number of nitriles is 1. The van der Waals surface area contributed by atoms with Crippen LogP contribution >= 0.6 is 11.6 Å². The molecule has 0 amide bonds. The van der Waals surface area contributed by atoms with E-state index in [2.05, 4.69) is 26.6 Å². The average Bonchev–Trinajstić information content (AvgIpc) is 2.96. The first-order valence-corrected chi connectivity index (χ1v) is 7.37. The van der Waals surface area contributed by atoms with Crippen LogP contribution in [-0.2, 0) is 0 Å². The number of benzene rings is 2. The number of hydrogen-bond acceptors (Lipinski definition) is 5. The molecule has 0 aliphatic rings. The molecule has 0 spiro atoms. The summed E-state index contributed by atoms with van der Waals surface area (Å²) in [5, 5.41) is 29.1. The third-order valence-electron chi connectivity index (χ3n) is 3.18. The van der Waals surface area contributed by atoms with Crippen molar-refractivity contribution in [2.45, 2.75) is 0 Å². The van der Waals surface area contributed by atoms with Crippen LogP contribution in [-0.4, -0.2) is 21.5 Å². The minimum Gasteiger partial charge on any atom is -0.508 e. The minimum absolute atomic E-state index is 0.178. The average molecular weight is 338 g/mol. The highest BCUT2D eigenvalue weighted by Crippen LogP contribution is 2.26. The van der Waals surface area contributed by atoms with Gasteiger partial charge in [-0.3, -0.25) is 5.10 Å². The first-order valence-electron chi connectivity index (χ1n) is 7.00. The summed E-state index contributed by atoms with van der Waals surface area (Å²) in [6, 6.07) is 15.8. The molecule has 0 fully saturated rings. The number of halogens is 1. The molecule has 0 saturated heterocycles. The Balaban J connectivity index is 1.84. The smallest absolute Gasteiger partial charge is 0.193 e. The van der Waals surface area contributed by atoms with E-state index in [1.807, 2.05) is 6.07 Å². The van der Waals surface area contributed by atoms with Crippen molar-refractivity contribution in [3.63, 3.8) is 0 Å². The summed E-state index contributed by atoms with van der Waals surface area (Å²) >= 11 is 5.95. The van der Waals surface area contributed by atoms with E-state index in [0.717, 1.165) is 11.3 Å². The van der Waals surface area contributed by atoms with Crippen molar-refractivity contribution in [3.05, 3.63) is 64.7 Å². The molecule has 0 saturated carbocycles. The summed E-state index contributed by atoms with van der Waals surface area (Å²) in [7, 11) is 0. The molecule has 0 atom stereocenters. The summed E-state index contributed by atoms with van der Waals surface area (Å²) in [5.74, 6) is 0.894. The summed E-state index contributed by atoms with van der Waals surface area (Å²) in [5.41, 5.74) is 1.81. The largest absolute Gasteiger partial charge is 0.508 e. The maximum absolute atomic E-state index is 9.37. The summed E-state index contributed by atoms with van der Waals surface area (Å²) < 4.78 is 0. The number of aromatic nitrogens is 2. The van der Waals surface area contributed by atoms with Gasteiger partial charge in [-0.25, -0.2) is 4.99 Å². The molecule has 1 aromatic heterocycles. The second kappa shape index (κ2) is 6.86. The molecular weight excluding hydrogens is 326 g/mol. The Labute approximate surface area is 143 Å². The molecule has 3 aromatic rings. The van der Waals surface area contributed by atoms with Gasteiger partial charge < -0.3 is 10.4 Å². The van der Waals surface area contributed by atoms with Gasteiger partial charge in [0.2, 0.25) is 0 Å². The monoisotopic (exact) mass is 337 g/mol. The van der Waals surface area contributed by atoms with E-state index in [1.165, 1.54) is 0 Å². The van der Waals surface area contributed by atoms with Crippen molar-refractivity contribution < 1.29 is 5.11 Å². The Morgan fingerprint density at radius 2 is 2.04 bits per heavy atom. The number of aromatic amines is 1. The van der Waals surface area contributed by atoms with E-state index in [-0.39, 0.29) is 11.6 Å². The van der Waals surface area contributed by atoms with Gasteiger partial charge in [0.15, 0.2) is 5.82 Å². The first kappa shape index (κ1) is 15.6. The van der Waals surface area contributed by atoms with E-state index in [1.54, 1.807) is 48.7 Å². The van der Waals surface area contributed by atoms with Crippen LogP contribution in [0.1, 0.15) is 11.1 Å². The highest BCUT2D eigenvalue weighted by molar-refractivity contribution is 6.30. The second-order valence-corrected chi connectivity index (χ2v) is 5.33. The van der Waals surface area contributed by atoms with Gasteiger partial charge >= 0.3 is 0 Å². The van der Waals surface area contributed by atoms with Crippen LogP contribution in [0.2, 0.25) is 5.02 Å². The van der Waals surface area contributed by atoms with Gasteiger partial charge in [0, 0.05) is 16.9 Å². The molecule has 0 bridgehead atoms. The molecule has 3 N–H and O–H groups in total. The van der Waals surface area contributed by atoms with Crippen LogP contribution in [0.3, 0.4) is 0 Å². The Hall–Kier alpha value is -3.30. The van der Waals surface area contributed by atoms with Crippen molar-refractivity contribution in [1.82, 2.24) is 10.2 Å².